The zero-order valence-corrected chi connectivity index (χ0v) is 12.6. The molecule has 2 N–H and O–H groups in total. The highest BCUT2D eigenvalue weighted by Crippen LogP contribution is 2.22. The number of benzene rings is 1. The molecule has 112 valence electrons. The summed E-state index contributed by atoms with van der Waals surface area (Å²) < 4.78 is 10.3. The summed E-state index contributed by atoms with van der Waals surface area (Å²) in [4.78, 5) is 12.2. The average Bonchev–Trinajstić information content (AvgIpc) is 2.47. The molecule has 0 radical (unpaired) electrons. The van der Waals surface area contributed by atoms with E-state index in [4.69, 9.17) is 9.47 Å². The zero-order chi connectivity index (χ0) is 13.7. The van der Waals surface area contributed by atoms with Crippen LogP contribution in [0.15, 0.2) is 18.2 Å². The molecule has 5 nitrogen and oxygen atoms in total. The van der Waals surface area contributed by atoms with Crippen LogP contribution < -0.4 is 20.1 Å². The van der Waals surface area contributed by atoms with Crippen molar-refractivity contribution in [2.45, 2.75) is 18.9 Å². The number of nitrogens with one attached hydrogen (secondary N) is 2. The maximum absolute atomic E-state index is 12.2. The molecule has 0 aromatic heterocycles. The number of rotatable bonds is 4. The van der Waals surface area contributed by atoms with E-state index in [1.54, 1.807) is 32.4 Å². The predicted molar refractivity (Wildman–Crippen MR) is 80.2 cm³/mol. The Kier molecular flexibility index (Phi) is 6.61. The lowest BCUT2D eigenvalue weighted by Gasteiger charge is -2.23. The van der Waals surface area contributed by atoms with Crippen molar-refractivity contribution in [1.29, 1.82) is 0 Å². The quantitative estimate of drug-likeness (QED) is 0.887. The van der Waals surface area contributed by atoms with Gasteiger partial charge in [-0.25, -0.2) is 0 Å². The summed E-state index contributed by atoms with van der Waals surface area (Å²) in [6.07, 6.45) is 2.10. The van der Waals surface area contributed by atoms with Crippen LogP contribution in [-0.4, -0.2) is 39.3 Å². The first kappa shape index (κ1) is 16.6. The average molecular weight is 301 g/mol. The van der Waals surface area contributed by atoms with Crippen LogP contribution in [-0.2, 0) is 0 Å². The smallest absolute Gasteiger partial charge is 0.251 e. The summed E-state index contributed by atoms with van der Waals surface area (Å²) in [6.45, 7) is 1.85. The maximum atomic E-state index is 12.2. The Morgan fingerprint density at radius 3 is 2.40 bits per heavy atom. The van der Waals surface area contributed by atoms with Crippen molar-refractivity contribution in [2.24, 2.45) is 0 Å². The Hall–Kier alpha value is -1.46. The van der Waals surface area contributed by atoms with Gasteiger partial charge < -0.3 is 20.1 Å². The Balaban J connectivity index is 0.00000200. The fraction of sp³-hybridized carbons (Fsp3) is 0.500. The third-order valence-electron chi connectivity index (χ3n) is 3.25. The molecule has 0 spiro atoms. The summed E-state index contributed by atoms with van der Waals surface area (Å²) in [5.74, 6) is 1.14. The number of ether oxygens (including phenoxy) is 2. The maximum Gasteiger partial charge on any atom is 0.251 e. The van der Waals surface area contributed by atoms with Crippen molar-refractivity contribution in [2.75, 3.05) is 27.3 Å². The van der Waals surface area contributed by atoms with E-state index in [0.29, 0.717) is 17.1 Å². The van der Waals surface area contributed by atoms with Crippen molar-refractivity contribution >= 4 is 18.3 Å². The van der Waals surface area contributed by atoms with Gasteiger partial charge >= 0.3 is 0 Å². The third-order valence-corrected chi connectivity index (χ3v) is 3.25. The molecule has 20 heavy (non-hydrogen) atoms. The van der Waals surface area contributed by atoms with Crippen molar-refractivity contribution in [3.63, 3.8) is 0 Å². The summed E-state index contributed by atoms with van der Waals surface area (Å²) in [7, 11) is 3.14. The molecule has 1 aromatic carbocycles. The fourth-order valence-corrected chi connectivity index (χ4v) is 2.18. The molecule has 6 heteroatoms. The molecule has 1 aliphatic rings. The van der Waals surface area contributed by atoms with Gasteiger partial charge in [-0.1, -0.05) is 0 Å². The number of carbonyl (C=O) groups is 1. The lowest BCUT2D eigenvalue weighted by Crippen LogP contribution is -2.45. The monoisotopic (exact) mass is 300 g/mol. The third kappa shape index (κ3) is 4.28. The molecule has 1 heterocycles. The van der Waals surface area contributed by atoms with Crippen LogP contribution >= 0.6 is 12.4 Å². The van der Waals surface area contributed by atoms with Crippen LogP contribution in [0.25, 0.3) is 0 Å². The van der Waals surface area contributed by atoms with Gasteiger partial charge in [-0.15, -0.1) is 12.4 Å². The molecule has 1 fully saturated rings. The van der Waals surface area contributed by atoms with Gasteiger partial charge in [-0.3, -0.25) is 4.79 Å². The zero-order valence-electron chi connectivity index (χ0n) is 11.8. The highest BCUT2D eigenvalue weighted by molar-refractivity contribution is 5.95. The number of carbonyl (C=O) groups excluding carboxylic acids is 1. The number of hydrogen-bond donors (Lipinski definition) is 2. The van der Waals surface area contributed by atoms with Gasteiger partial charge in [0.1, 0.15) is 11.5 Å². The molecule has 1 amide bonds. The van der Waals surface area contributed by atoms with Gasteiger partial charge in [0.2, 0.25) is 0 Å². The molecule has 1 aromatic rings. The van der Waals surface area contributed by atoms with Crippen molar-refractivity contribution < 1.29 is 14.3 Å². The Morgan fingerprint density at radius 2 is 1.90 bits per heavy atom. The van der Waals surface area contributed by atoms with Gasteiger partial charge in [-0.05, 0) is 31.5 Å². The molecular weight excluding hydrogens is 280 g/mol. The summed E-state index contributed by atoms with van der Waals surface area (Å²) in [5.41, 5.74) is 0.557. The number of halogens is 1. The number of amides is 1. The molecule has 0 aliphatic carbocycles. The molecule has 0 bridgehead atoms. The SMILES string of the molecule is COc1cc(OC)cc(C(=O)NC2CCCNC2)c1.Cl. The largest absolute Gasteiger partial charge is 0.497 e. The van der Waals surface area contributed by atoms with Gasteiger partial charge in [-0.2, -0.15) is 0 Å². The van der Waals surface area contributed by atoms with E-state index in [1.807, 2.05) is 0 Å². The van der Waals surface area contributed by atoms with Crippen LogP contribution in [0.5, 0.6) is 11.5 Å². The van der Waals surface area contributed by atoms with E-state index in [1.165, 1.54) is 0 Å². The molecule has 2 rings (SSSR count). The summed E-state index contributed by atoms with van der Waals surface area (Å²) in [6, 6.07) is 5.37. The van der Waals surface area contributed by atoms with Crippen molar-refractivity contribution in [3.05, 3.63) is 23.8 Å². The second-order valence-corrected chi connectivity index (χ2v) is 4.62. The first-order valence-electron chi connectivity index (χ1n) is 6.47. The molecule has 1 unspecified atom stereocenters. The topological polar surface area (TPSA) is 59.6 Å². The van der Waals surface area contributed by atoms with E-state index in [-0.39, 0.29) is 24.4 Å². The Morgan fingerprint density at radius 1 is 1.25 bits per heavy atom. The van der Waals surface area contributed by atoms with Crippen molar-refractivity contribution in [1.82, 2.24) is 10.6 Å². The molecule has 1 aliphatic heterocycles. The van der Waals surface area contributed by atoms with Gasteiger partial charge in [0.05, 0.1) is 14.2 Å². The highest BCUT2D eigenvalue weighted by Gasteiger charge is 2.17. The first-order chi connectivity index (χ1) is 9.22. The second kappa shape index (κ2) is 7.97. The normalized spacial score (nSPS) is 17.8. The molecule has 1 atom stereocenters. The van der Waals surface area contributed by atoms with E-state index in [9.17, 15) is 4.79 Å². The predicted octanol–water partition coefficient (Wildman–Crippen LogP) is 1.61. The molecule has 0 saturated carbocycles. The highest BCUT2D eigenvalue weighted by atomic mass is 35.5. The van der Waals surface area contributed by atoms with Crippen LogP contribution in [0, 0.1) is 0 Å². The minimum atomic E-state index is -0.0918. The minimum absolute atomic E-state index is 0. The van der Waals surface area contributed by atoms with Crippen LogP contribution in [0.3, 0.4) is 0 Å². The Labute approximate surface area is 125 Å². The van der Waals surface area contributed by atoms with E-state index >= 15 is 0 Å². The number of piperidine rings is 1. The van der Waals surface area contributed by atoms with Crippen molar-refractivity contribution in [3.8, 4) is 11.5 Å². The summed E-state index contributed by atoms with van der Waals surface area (Å²) >= 11 is 0. The van der Waals surface area contributed by atoms with Gasteiger partial charge in [0.15, 0.2) is 0 Å². The van der Waals surface area contributed by atoms with E-state index in [0.717, 1.165) is 25.9 Å². The van der Waals surface area contributed by atoms with Crippen LogP contribution in [0.1, 0.15) is 23.2 Å². The summed E-state index contributed by atoms with van der Waals surface area (Å²) in [5, 5.41) is 6.30. The van der Waals surface area contributed by atoms with E-state index < -0.39 is 0 Å². The standard InChI is InChI=1S/C14H20N2O3.ClH/c1-18-12-6-10(7-13(8-12)19-2)14(17)16-11-4-3-5-15-9-11;/h6-8,11,15H,3-5,9H2,1-2H3,(H,16,17);1H. The first-order valence-corrected chi connectivity index (χ1v) is 6.47. The Bertz CT molecular complexity index is 426. The van der Waals surface area contributed by atoms with Gasteiger partial charge in [0, 0.05) is 24.2 Å². The number of hydrogen-bond acceptors (Lipinski definition) is 4. The molecule has 1 saturated heterocycles. The lowest BCUT2D eigenvalue weighted by molar-refractivity contribution is 0.0930. The van der Waals surface area contributed by atoms with Crippen LogP contribution in [0.2, 0.25) is 0 Å². The fourth-order valence-electron chi connectivity index (χ4n) is 2.18. The van der Waals surface area contributed by atoms with Crippen LogP contribution in [0.4, 0.5) is 0 Å². The number of methoxy groups -OCH3 is 2. The lowest BCUT2D eigenvalue weighted by atomic mass is 10.1. The second-order valence-electron chi connectivity index (χ2n) is 4.62. The molecular formula is C14H21ClN2O3. The van der Waals surface area contributed by atoms with E-state index in [2.05, 4.69) is 10.6 Å². The minimum Gasteiger partial charge on any atom is -0.497 e. The van der Waals surface area contributed by atoms with Gasteiger partial charge in [0.25, 0.3) is 5.91 Å².